The summed E-state index contributed by atoms with van der Waals surface area (Å²) in [5, 5.41) is 10.4. The molecule has 0 aromatic carbocycles. The predicted octanol–water partition coefficient (Wildman–Crippen LogP) is 4.64. The molecular formula is C26H22Cl2N4O6. The van der Waals surface area contributed by atoms with Crippen molar-refractivity contribution in [3.63, 3.8) is 0 Å². The third-order valence-electron chi connectivity index (χ3n) is 6.38. The van der Waals surface area contributed by atoms with E-state index in [0.29, 0.717) is 38.2 Å². The van der Waals surface area contributed by atoms with Crippen LogP contribution in [0.5, 0.6) is 0 Å². The molecule has 0 amide bonds. The minimum absolute atomic E-state index is 0.0513. The second-order valence-electron chi connectivity index (χ2n) is 9.09. The molecule has 0 aliphatic heterocycles. The first kappa shape index (κ1) is 25.9. The van der Waals surface area contributed by atoms with Crippen LogP contribution in [0.3, 0.4) is 0 Å². The first-order valence-electron chi connectivity index (χ1n) is 12.0. The summed E-state index contributed by atoms with van der Waals surface area (Å²) in [7, 11) is 0. The molecule has 2 saturated carbocycles. The molecule has 2 fully saturated rings. The van der Waals surface area contributed by atoms with E-state index >= 15 is 0 Å². The number of aromatic nitrogens is 4. The minimum Gasteiger partial charge on any atom is -0.477 e. The molecule has 2 aliphatic carbocycles. The van der Waals surface area contributed by atoms with Gasteiger partial charge in [-0.25, -0.2) is 19.6 Å². The van der Waals surface area contributed by atoms with E-state index in [-0.39, 0.29) is 29.2 Å². The maximum Gasteiger partial charge on any atom is 0.343 e. The summed E-state index contributed by atoms with van der Waals surface area (Å²) in [5.41, 5.74) is 0.310. The molecule has 4 aromatic heterocycles. The summed E-state index contributed by atoms with van der Waals surface area (Å²) in [5.74, 6) is -1.81. The van der Waals surface area contributed by atoms with Gasteiger partial charge in [-0.3, -0.25) is 9.59 Å². The summed E-state index contributed by atoms with van der Waals surface area (Å²) in [6.07, 6.45) is 9.76. The third-order valence-corrected chi connectivity index (χ3v) is 6.79. The van der Waals surface area contributed by atoms with Gasteiger partial charge < -0.3 is 19.0 Å². The highest BCUT2D eigenvalue weighted by Crippen LogP contribution is 2.38. The lowest BCUT2D eigenvalue weighted by molar-refractivity contribution is 0.0523. The molecule has 12 heteroatoms. The van der Waals surface area contributed by atoms with Crippen LogP contribution in [0.15, 0.2) is 46.5 Å². The molecule has 2 aliphatic rings. The summed E-state index contributed by atoms with van der Waals surface area (Å²) in [4.78, 5) is 55.1. The number of aromatic carboxylic acids is 1. The van der Waals surface area contributed by atoms with Crippen molar-refractivity contribution >= 4 is 56.9 Å². The molecule has 0 saturated heterocycles. The first-order valence-corrected chi connectivity index (χ1v) is 12.8. The van der Waals surface area contributed by atoms with E-state index in [2.05, 4.69) is 9.97 Å². The van der Waals surface area contributed by atoms with Crippen molar-refractivity contribution in [2.24, 2.45) is 0 Å². The van der Waals surface area contributed by atoms with Gasteiger partial charge in [0.05, 0.1) is 28.4 Å². The van der Waals surface area contributed by atoms with Gasteiger partial charge in [-0.2, -0.15) is 0 Å². The summed E-state index contributed by atoms with van der Waals surface area (Å²) >= 11 is 11.7. The Morgan fingerprint density at radius 2 is 1.34 bits per heavy atom. The molecule has 4 heterocycles. The third kappa shape index (κ3) is 5.01. The first-order chi connectivity index (χ1) is 18.2. The monoisotopic (exact) mass is 556 g/mol. The number of carboxylic acid groups (broad SMARTS) is 1. The lowest BCUT2D eigenvalue weighted by atomic mass is 10.1. The molecule has 0 atom stereocenters. The van der Waals surface area contributed by atoms with Crippen molar-refractivity contribution in [2.45, 2.75) is 44.7 Å². The van der Waals surface area contributed by atoms with Gasteiger partial charge in [0, 0.05) is 36.9 Å². The number of nitrogens with zero attached hydrogens (tertiary/aromatic N) is 4. The normalized spacial score (nSPS) is 14.7. The average Bonchev–Trinajstić information content (AvgIpc) is 3.79. The number of carboxylic acids is 1. The largest absolute Gasteiger partial charge is 0.477 e. The van der Waals surface area contributed by atoms with E-state index in [1.807, 2.05) is 9.13 Å². The van der Waals surface area contributed by atoms with E-state index < -0.39 is 17.4 Å². The van der Waals surface area contributed by atoms with Crippen LogP contribution in [0.25, 0.3) is 21.8 Å². The smallest absolute Gasteiger partial charge is 0.343 e. The van der Waals surface area contributed by atoms with Crippen LogP contribution < -0.4 is 10.9 Å². The quantitative estimate of drug-likeness (QED) is 0.277. The van der Waals surface area contributed by atoms with Crippen molar-refractivity contribution in [1.29, 1.82) is 0 Å². The summed E-state index contributed by atoms with van der Waals surface area (Å²) in [6, 6.07) is 3.82. The average molecular weight is 557 g/mol. The van der Waals surface area contributed by atoms with E-state index in [4.69, 9.17) is 33.0 Å². The Hall–Kier alpha value is -3.76. The Balaban J connectivity index is 0.000000156. The fourth-order valence-corrected chi connectivity index (χ4v) is 4.56. The van der Waals surface area contributed by atoms with Crippen LogP contribution in [0, 0.1) is 0 Å². The fourth-order valence-electron chi connectivity index (χ4n) is 4.26. The SMILES string of the molecule is CCOC(=O)c1cn(C2CC2)c2cc(Cl)ncc2c1=O.O=C(O)c1cn(C2CC2)c2cc(Cl)ncc2c1=O. The molecule has 4 aromatic rings. The van der Waals surface area contributed by atoms with Crippen LogP contribution in [0.4, 0.5) is 0 Å². The standard InChI is InChI=1S/C14H13ClN2O3.C12H9ClN2O3/c1-2-20-14(19)10-7-17(8-3-4-8)11-5-12(15)16-6-9(11)13(10)18;13-10-3-9-7(4-14-10)11(16)8(12(17)18)5-15(9)6-1-2-6/h5-8H,2-4H2,1H3;3-6H,1-2H2,(H,17,18). The fraction of sp³-hybridized carbons (Fsp3) is 0.308. The number of ether oxygens (including phenoxy) is 1. The summed E-state index contributed by atoms with van der Waals surface area (Å²) in [6.45, 7) is 1.94. The zero-order valence-electron chi connectivity index (χ0n) is 20.2. The zero-order valence-corrected chi connectivity index (χ0v) is 21.7. The van der Waals surface area contributed by atoms with Crippen LogP contribution in [-0.4, -0.2) is 42.8 Å². The van der Waals surface area contributed by atoms with Crippen molar-refractivity contribution in [3.05, 3.63) is 78.8 Å². The number of pyridine rings is 4. The molecule has 0 spiro atoms. The van der Waals surface area contributed by atoms with Gasteiger partial charge in [0.15, 0.2) is 0 Å². The second-order valence-corrected chi connectivity index (χ2v) is 9.87. The molecule has 6 rings (SSSR count). The van der Waals surface area contributed by atoms with Crippen molar-refractivity contribution < 1.29 is 19.4 Å². The number of rotatable bonds is 5. The van der Waals surface area contributed by atoms with Crippen molar-refractivity contribution in [3.8, 4) is 0 Å². The lowest BCUT2D eigenvalue weighted by Gasteiger charge is -2.12. The van der Waals surface area contributed by atoms with Gasteiger partial charge in [0.2, 0.25) is 10.9 Å². The van der Waals surface area contributed by atoms with Crippen LogP contribution >= 0.6 is 23.2 Å². The van der Waals surface area contributed by atoms with E-state index in [0.717, 1.165) is 25.7 Å². The molecule has 196 valence electrons. The van der Waals surface area contributed by atoms with E-state index in [1.54, 1.807) is 25.3 Å². The lowest BCUT2D eigenvalue weighted by Crippen LogP contribution is -2.21. The van der Waals surface area contributed by atoms with Crippen LogP contribution in [0.1, 0.15) is 65.4 Å². The highest BCUT2D eigenvalue weighted by Gasteiger charge is 2.28. The van der Waals surface area contributed by atoms with E-state index in [1.165, 1.54) is 18.6 Å². The molecule has 1 N–H and O–H groups in total. The Labute approximate surface area is 225 Å². The number of carbonyl (C=O) groups is 2. The predicted molar refractivity (Wildman–Crippen MR) is 141 cm³/mol. The van der Waals surface area contributed by atoms with Gasteiger partial charge in [-0.15, -0.1) is 0 Å². The highest BCUT2D eigenvalue weighted by molar-refractivity contribution is 6.30. The van der Waals surface area contributed by atoms with Gasteiger partial charge in [0.1, 0.15) is 21.4 Å². The molecule has 0 bridgehead atoms. The molecule has 0 radical (unpaired) electrons. The topological polar surface area (TPSA) is 133 Å². The van der Waals surface area contributed by atoms with Crippen LogP contribution in [-0.2, 0) is 4.74 Å². The molecule has 10 nitrogen and oxygen atoms in total. The van der Waals surface area contributed by atoms with E-state index in [9.17, 15) is 19.2 Å². The number of hydrogen-bond acceptors (Lipinski definition) is 7. The molecule has 38 heavy (non-hydrogen) atoms. The number of halogens is 2. The van der Waals surface area contributed by atoms with Gasteiger partial charge >= 0.3 is 11.9 Å². The zero-order chi connectivity index (χ0) is 27.1. The highest BCUT2D eigenvalue weighted by atomic mass is 35.5. The van der Waals surface area contributed by atoms with Crippen molar-refractivity contribution in [2.75, 3.05) is 6.61 Å². The molecular weight excluding hydrogens is 535 g/mol. The number of carbonyl (C=O) groups excluding carboxylic acids is 1. The second kappa shape index (κ2) is 10.2. The van der Waals surface area contributed by atoms with Crippen molar-refractivity contribution in [1.82, 2.24) is 19.1 Å². The summed E-state index contributed by atoms with van der Waals surface area (Å²) < 4.78 is 8.68. The number of fused-ring (bicyclic) bond motifs is 2. The maximum atomic E-state index is 12.4. The van der Waals surface area contributed by atoms with Gasteiger partial charge in [-0.1, -0.05) is 23.2 Å². The Morgan fingerprint density at radius 3 is 1.76 bits per heavy atom. The van der Waals surface area contributed by atoms with Gasteiger partial charge in [-0.05, 0) is 44.7 Å². The maximum absolute atomic E-state index is 12.4. The Bertz CT molecular complexity index is 1720. The van der Waals surface area contributed by atoms with Crippen LogP contribution in [0.2, 0.25) is 10.3 Å². The number of hydrogen-bond donors (Lipinski definition) is 1. The Kier molecular flexibility index (Phi) is 6.93. The van der Waals surface area contributed by atoms with Gasteiger partial charge in [0.25, 0.3) is 0 Å². The minimum atomic E-state index is -1.22. The molecule has 0 unspecified atom stereocenters. The Morgan fingerprint density at radius 1 is 0.895 bits per heavy atom. The number of esters is 1.